The Labute approximate surface area is 104 Å². The fourth-order valence-corrected chi connectivity index (χ4v) is 2.98. The van der Waals surface area contributed by atoms with Gasteiger partial charge < -0.3 is 10.3 Å². The molecule has 88 valence electrons. The fraction of sp³-hybridized carbons (Fsp3) is 0.308. The molecule has 3 nitrogen and oxygen atoms in total. The van der Waals surface area contributed by atoms with Gasteiger partial charge in [0.25, 0.3) is 0 Å². The van der Waals surface area contributed by atoms with Crippen LogP contribution in [0.2, 0.25) is 0 Å². The Morgan fingerprint density at radius 3 is 3.12 bits per heavy atom. The van der Waals surface area contributed by atoms with Crippen molar-refractivity contribution in [2.75, 3.05) is 0 Å². The van der Waals surface area contributed by atoms with E-state index >= 15 is 0 Å². The Morgan fingerprint density at radius 2 is 2.29 bits per heavy atom. The number of thiazole rings is 1. The maximum Gasteiger partial charge on any atom is 0.304 e. The van der Waals surface area contributed by atoms with Crippen molar-refractivity contribution in [2.45, 2.75) is 25.4 Å². The lowest BCUT2D eigenvalue weighted by Crippen LogP contribution is -2.19. The van der Waals surface area contributed by atoms with Crippen LogP contribution in [0.4, 0.5) is 0 Å². The molecule has 1 aliphatic rings. The molecule has 0 fully saturated rings. The van der Waals surface area contributed by atoms with Gasteiger partial charge in [-0.15, -0.1) is 0 Å². The van der Waals surface area contributed by atoms with Crippen molar-refractivity contribution in [3.05, 3.63) is 56.1 Å². The molecule has 0 saturated heterocycles. The highest BCUT2D eigenvalue weighted by Gasteiger charge is 2.21. The van der Waals surface area contributed by atoms with Crippen molar-refractivity contribution in [3.8, 4) is 0 Å². The first-order chi connectivity index (χ1) is 8.33. The molecular formula is C13H14N2OS. The minimum Gasteiger partial charge on any atom is -0.315 e. The first-order valence-electron chi connectivity index (χ1n) is 5.81. The molecule has 3 rings (SSSR count). The van der Waals surface area contributed by atoms with Crippen LogP contribution in [0.25, 0.3) is 0 Å². The standard InChI is InChI=1S/C13H14N2OS/c16-13-15-10(8-17-13)7-14-12-6-5-9-3-1-2-4-11(9)12/h1-4,8,12,14H,5-7H2,(H,15,16). The number of hydrogen-bond donors (Lipinski definition) is 2. The summed E-state index contributed by atoms with van der Waals surface area (Å²) in [6, 6.07) is 9.00. The summed E-state index contributed by atoms with van der Waals surface area (Å²) in [5, 5.41) is 5.39. The van der Waals surface area contributed by atoms with Crippen LogP contribution < -0.4 is 10.2 Å². The predicted molar refractivity (Wildman–Crippen MR) is 69.3 cm³/mol. The molecule has 1 aliphatic carbocycles. The smallest absolute Gasteiger partial charge is 0.304 e. The highest BCUT2D eigenvalue weighted by molar-refractivity contribution is 7.07. The van der Waals surface area contributed by atoms with E-state index in [1.807, 2.05) is 5.38 Å². The molecule has 0 saturated carbocycles. The second kappa shape index (κ2) is 4.47. The molecule has 17 heavy (non-hydrogen) atoms. The zero-order valence-corrected chi connectivity index (χ0v) is 10.2. The first-order valence-corrected chi connectivity index (χ1v) is 6.69. The van der Waals surface area contributed by atoms with Crippen LogP contribution in [0.1, 0.15) is 29.3 Å². The van der Waals surface area contributed by atoms with Gasteiger partial charge in [0.1, 0.15) is 0 Å². The van der Waals surface area contributed by atoms with Crippen LogP contribution in [0, 0.1) is 0 Å². The lowest BCUT2D eigenvalue weighted by molar-refractivity contribution is 0.526. The minimum atomic E-state index is 0.0219. The topological polar surface area (TPSA) is 44.9 Å². The van der Waals surface area contributed by atoms with Crippen LogP contribution in [0.15, 0.2) is 34.4 Å². The number of aromatic nitrogens is 1. The predicted octanol–water partition coefficient (Wildman–Crippen LogP) is 2.21. The van der Waals surface area contributed by atoms with Crippen molar-refractivity contribution in [2.24, 2.45) is 0 Å². The number of aromatic amines is 1. The van der Waals surface area contributed by atoms with Gasteiger partial charge in [0.05, 0.1) is 0 Å². The van der Waals surface area contributed by atoms with Gasteiger partial charge in [-0.2, -0.15) is 0 Å². The monoisotopic (exact) mass is 246 g/mol. The molecule has 1 heterocycles. The van der Waals surface area contributed by atoms with Gasteiger partial charge in [-0.25, -0.2) is 0 Å². The van der Waals surface area contributed by atoms with Gasteiger partial charge in [-0.05, 0) is 24.0 Å². The largest absolute Gasteiger partial charge is 0.315 e. The summed E-state index contributed by atoms with van der Waals surface area (Å²) < 4.78 is 0. The maximum absolute atomic E-state index is 11.0. The number of fused-ring (bicyclic) bond motifs is 1. The quantitative estimate of drug-likeness (QED) is 0.872. The molecule has 1 unspecified atom stereocenters. The first kappa shape index (κ1) is 10.7. The van der Waals surface area contributed by atoms with E-state index in [1.54, 1.807) is 0 Å². The van der Waals surface area contributed by atoms with Crippen molar-refractivity contribution < 1.29 is 0 Å². The van der Waals surface area contributed by atoms with E-state index < -0.39 is 0 Å². The molecular weight excluding hydrogens is 232 g/mol. The lowest BCUT2D eigenvalue weighted by Gasteiger charge is -2.12. The van der Waals surface area contributed by atoms with E-state index in [0.29, 0.717) is 6.04 Å². The van der Waals surface area contributed by atoms with Crippen LogP contribution >= 0.6 is 11.3 Å². The van der Waals surface area contributed by atoms with Gasteiger partial charge in [0.15, 0.2) is 0 Å². The average Bonchev–Trinajstić information content (AvgIpc) is 2.93. The van der Waals surface area contributed by atoms with Crippen LogP contribution in [-0.2, 0) is 13.0 Å². The minimum absolute atomic E-state index is 0.0219. The second-order valence-corrected chi connectivity index (χ2v) is 5.19. The van der Waals surface area contributed by atoms with Crippen molar-refractivity contribution in [1.29, 1.82) is 0 Å². The van der Waals surface area contributed by atoms with E-state index in [0.717, 1.165) is 25.1 Å². The molecule has 1 atom stereocenters. The number of hydrogen-bond acceptors (Lipinski definition) is 3. The van der Waals surface area contributed by atoms with E-state index in [9.17, 15) is 4.79 Å². The molecule has 0 bridgehead atoms. The van der Waals surface area contributed by atoms with E-state index in [4.69, 9.17) is 0 Å². The van der Waals surface area contributed by atoms with Crippen LogP contribution in [-0.4, -0.2) is 4.98 Å². The van der Waals surface area contributed by atoms with Gasteiger partial charge >= 0.3 is 4.87 Å². The highest BCUT2D eigenvalue weighted by Crippen LogP contribution is 2.30. The van der Waals surface area contributed by atoms with Crippen LogP contribution in [0.5, 0.6) is 0 Å². The van der Waals surface area contributed by atoms with E-state index in [1.165, 1.54) is 22.5 Å². The molecule has 1 aromatic carbocycles. The zero-order valence-electron chi connectivity index (χ0n) is 9.40. The summed E-state index contributed by atoms with van der Waals surface area (Å²) in [4.78, 5) is 13.9. The summed E-state index contributed by atoms with van der Waals surface area (Å²) in [6.07, 6.45) is 2.29. The average molecular weight is 246 g/mol. The lowest BCUT2D eigenvalue weighted by atomic mass is 10.1. The van der Waals surface area contributed by atoms with Crippen molar-refractivity contribution in [3.63, 3.8) is 0 Å². The Morgan fingerprint density at radius 1 is 1.41 bits per heavy atom. The molecule has 2 N–H and O–H groups in total. The normalized spacial score (nSPS) is 18.2. The highest BCUT2D eigenvalue weighted by atomic mass is 32.1. The number of benzene rings is 1. The Hall–Kier alpha value is -1.39. The summed E-state index contributed by atoms with van der Waals surface area (Å²) in [7, 11) is 0. The number of H-pyrrole nitrogens is 1. The third kappa shape index (κ3) is 2.18. The van der Waals surface area contributed by atoms with Crippen molar-refractivity contribution >= 4 is 11.3 Å². The number of rotatable bonds is 3. The molecule has 0 radical (unpaired) electrons. The summed E-state index contributed by atoms with van der Waals surface area (Å²) in [5.41, 5.74) is 3.83. The Balaban J connectivity index is 1.70. The fourth-order valence-electron chi connectivity index (χ4n) is 2.40. The third-order valence-electron chi connectivity index (χ3n) is 3.24. The van der Waals surface area contributed by atoms with Gasteiger partial charge in [-0.1, -0.05) is 35.6 Å². The van der Waals surface area contributed by atoms with Gasteiger partial charge in [-0.3, -0.25) is 4.79 Å². The maximum atomic E-state index is 11.0. The molecule has 2 aromatic rings. The molecule has 0 amide bonds. The van der Waals surface area contributed by atoms with Crippen molar-refractivity contribution in [1.82, 2.24) is 10.3 Å². The molecule has 1 aromatic heterocycles. The van der Waals surface area contributed by atoms with Gasteiger partial charge in [0, 0.05) is 23.7 Å². The second-order valence-electron chi connectivity index (χ2n) is 4.34. The number of aryl methyl sites for hydroxylation is 1. The Bertz CT molecular complexity index is 573. The summed E-state index contributed by atoms with van der Waals surface area (Å²) in [6.45, 7) is 0.734. The molecule has 4 heteroatoms. The van der Waals surface area contributed by atoms with Crippen LogP contribution in [0.3, 0.4) is 0 Å². The van der Waals surface area contributed by atoms with E-state index in [2.05, 4.69) is 34.6 Å². The summed E-state index contributed by atoms with van der Waals surface area (Å²) in [5.74, 6) is 0. The van der Waals surface area contributed by atoms with Gasteiger partial charge in [0.2, 0.25) is 0 Å². The third-order valence-corrected chi connectivity index (χ3v) is 3.96. The SMILES string of the molecule is O=c1[nH]c(CNC2CCc3ccccc32)cs1. The Kier molecular flexibility index (Phi) is 2.82. The van der Waals surface area contributed by atoms with E-state index in [-0.39, 0.29) is 4.87 Å². The zero-order chi connectivity index (χ0) is 11.7. The molecule has 0 aliphatic heterocycles. The number of nitrogens with one attached hydrogen (secondary N) is 2. The summed E-state index contributed by atoms with van der Waals surface area (Å²) >= 11 is 1.22. The molecule has 0 spiro atoms.